The summed E-state index contributed by atoms with van der Waals surface area (Å²) in [6.45, 7) is 9.97. The molecule has 0 radical (unpaired) electrons. The lowest BCUT2D eigenvalue weighted by atomic mass is 9.91. The minimum Gasteiger partial charge on any atom is -0.496 e. The van der Waals surface area contributed by atoms with Crippen LogP contribution in [0.25, 0.3) is 21.6 Å². The van der Waals surface area contributed by atoms with Crippen LogP contribution in [0.3, 0.4) is 0 Å². The van der Waals surface area contributed by atoms with Gasteiger partial charge in [-0.15, -0.1) is 11.3 Å². The van der Waals surface area contributed by atoms with Crippen molar-refractivity contribution < 1.29 is 37.1 Å². The van der Waals surface area contributed by atoms with Crippen molar-refractivity contribution in [3.8, 4) is 22.2 Å². The number of hydrogen-bond donors (Lipinski definition) is 2. The van der Waals surface area contributed by atoms with Crippen LogP contribution < -0.4 is 24.4 Å². The zero-order valence-corrected chi connectivity index (χ0v) is 44.3. The van der Waals surface area contributed by atoms with E-state index in [2.05, 4.69) is 38.8 Å². The molecule has 10 rings (SSSR count). The monoisotopic (exact) mass is 1040 g/mol. The maximum absolute atomic E-state index is 15.4. The number of pyridine rings is 1. The number of thiazole rings is 1. The number of allylic oxidation sites excluding steroid dienone is 2. The molecule has 2 saturated heterocycles. The van der Waals surface area contributed by atoms with E-state index in [1.165, 1.54) is 11.3 Å². The number of ketones is 1. The van der Waals surface area contributed by atoms with Crippen LogP contribution in [0.1, 0.15) is 113 Å². The number of nitrogens with one attached hydrogen (secondary N) is 2. The van der Waals surface area contributed by atoms with Gasteiger partial charge in [0.25, 0.3) is 5.91 Å². The molecule has 0 bridgehead atoms. The molecular weight excluding hydrogens is 979 g/mol. The second kappa shape index (κ2) is 20.7. The van der Waals surface area contributed by atoms with E-state index in [0.29, 0.717) is 98.2 Å². The summed E-state index contributed by atoms with van der Waals surface area (Å²) in [5, 5.41) is 6.98. The number of fused-ring (bicyclic) bond motifs is 3. The summed E-state index contributed by atoms with van der Waals surface area (Å²) < 4.78 is 41.0. The summed E-state index contributed by atoms with van der Waals surface area (Å²) in [4.78, 5) is 83.1. The predicted octanol–water partition coefficient (Wildman–Crippen LogP) is 7.86. The van der Waals surface area contributed by atoms with Gasteiger partial charge in [-0.1, -0.05) is 44.9 Å². The lowest BCUT2D eigenvalue weighted by Crippen LogP contribution is -2.49. The zero-order chi connectivity index (χ0) is 51.9. The molecular formula is C55H65N9O8S2. The van der Waals surface area contributed by atoms with Gasteiger partial charge in [-0.2, -0.15) is 0 Å². The summed E-state index contributed by atoms with van der Waals surface area (Å²) in [6, 6.07) is 12.8. The Morgan fingerprint density at radius 2 is 1.73 bits per heavy atom. The van der Waals surface area contributed by atoms with E-state index >= 15 is 9.59 Å². The molecule has 2 aromatic carbocycles. The van der Waals surface area contributed by atoms with Crippen molar-refractivity contribution in [1.29, 1.82) is 0 Å². The zero-order valence-electron chi connectivity index (χ0n) is 42.7. The summed E-state index contributed by atoms with van der Waals surface area (Å²) in [5.41, 5.74) is 2.83. The average molecular weight is 1040 g/mol. The second-order valence-electron chi connectivity index (χ2n) is 21.2. The Morgan fingerprint density at radius 3 is 2.46 bits per heavy atom. The van der Waals surface area contributed by atoms with Gasteiger partial charge in [-0.05, 0) is 101 Å². The average Bonchev–Trinajstić information content (AvgIpc) is 4.18. The van der Waals surface area contributed by atoms with Gasteiger partial charge in [-0.3, -0.25) is 23.9 Å². The molecule has 19 heteroatoms. The molecule has 3 amide bonds. The Hall–Kier alpha value is -6.47. The summed E-state index contributed by atoms with van der Waals surface area (Å²) in [5.74, 6) is 0.228. The van der Waals surface area contributed by atoms with Gasteiger partial charge in [0.15, 0.2) is 5.78 Å². The minimum atomic E-state index is -3.99. The molecule has 5 aromatic rings. The molecule has 5 aliphatic rings. The number of carbonyl (C=O) groups excluding carboxylic acids is 4. The normalized spacial score (nSPS) is 24.6. The third-order valence-electron chi connectivity index (χ3n) is 15.7. The predicted molar refractivity (Wildman–Crippen MR) is 284 cm³/mol. The Balaban J connectivity index is 0.960. The Labute approximate surface area is 436 Å². The number of aryl methyl sites for hydroxylation is 1. The number of Topliss-reactive ketones (excluding diaryl/α,β-unsaturated/α-hetero) is 1. The fourth-order valence-electron chi connectivity index (χ4n) is 10.6. The maximum Gasteiger partial charge on any atom is 0.254 e. The van der Waals surface area contributed by atoms with Gasteiger partial charge < -0.3 is 29.5 Å². The number of hydrogen-bond acceptors (Lipinski definition) is 15. The number of anilines is 2. The van der Waals surface area contributed by atoms with E-state index < -0.39 is 44.3 Å². The molecule has 2 N–H and O–H groups in total. The number of rotatable bonds is 12. The number of carbonyl (C=O) groups is 4. The number of aromatic nitrogens is 4. The fraction of sp³-hybridized carbons (Fsp3) is 0.491. The van der Waals surface area contributed by atoms with Crippen molar-refractivity contribution in [2.24, 2.45) is 11.3 Å². The molecule has 2 saturated carbocycles. The highest BCUT2D eigenvalue weighted by molar-refractivity contribution is 7.91. The van der Waals surface area contributed by atoms with Crippen LogP contribution in [0.2, 0.25) is 0 Å². The number of piperazine rings is 1. The van der Waals surface area contributed by atoms with Crippen LogP contribution in [0.4, 0.5) is 11.6 Å². The van der Waals surface area contributed by atoms with Crippen LogP contribution in [0, 0.1) is 18.3 Å². The molecule has 6 heterocycles. The van der Waals surface area contributed by atoms with Crippen molar-refractivity contribution in [3.63, 3.8) is 0 Å². The lowest BCUT2D eigenvalue weighted by Gasteiger charge is -2.34. The molecule has 390 valence electrons. The molecule has 2 aliphatic carbocycles. The maximum atomic E-state index is 15.4. The molecule has 5 atom stereocenters. The van der Waals surface area contributed by atoms with Gasteiger partial charge in [0.1, 0.15) is 34.3 Å². The standard InChI is InChI=1S/C55H65N9O8S2/c1-34(2)43-33-73-49(60-43)42-29-47(40-17-18-46(71-5)35(3)48(40)59-42)72-39-28-44-45(65)31-55(52(68)61-74(69,70)54(4)19-20-54)30-37(55)14-9-7-6-8-10-16-41(51(67)64(44)32-39)58-38-15-11-13-36(27-38)50(66)62-23-25-63(26-24-62)53-56-21-12-22-57-53/h9,11-15,17-18,21-22,27,29,33-34,37,39,41,44,58H,6-8,10,16,19-20,23-26,28,30-32H2,1-5H3,(H,61,68)/b14-9-/t37-,39+,41-,44-,55+/m0/s1. The van der Waals surface area contributed by atoms with Crippen molar-refractivity contribution >= 4 is 67.4 Å². The first-order valence-electron chi connectivity index (χ1n) is 25.9. The minimum absolute atomic E-state index is 0.0598. The van der Waals surface area contributed by atoms with Gasteiger partial charge >= 0.3 is 0 Å². The van der Waals surface area contributed by atoms with E-state index in [1.807, 2.05) is 53.6 Å². The van der Waals surface area contributed by atoms with E-state index in [4.69, 9.17) is 19.4 Å². The van der Waals surface area contributed by atoms with Gasteiger partial charge in [0.2, 0.25) is 27.8 Å². The van der Waals surface area contributed by atoms with Gasteiger partial charge in [-0.25, -0.2) is 28.4 Å². The van der Waals surface area contributed by atoms with Crippen molar-refractivity contribution in [2.45, 2.75) is 121 Å². The molecule has 4 fully saturated rings. The quantitative estimate of drug-likeness (QED) is 0.114. The van der Waals surface area contributed by atoms with Crippen LogP contribution in [-0.2, 0) is 24.4 Å². The molecule has 3 aliphatic heterocycles. The topological polar surface area (TPSA) is 206 Å². The second-order valence-corrected chi connectivity index (χ2v) is 24.2. The fourth-order valence-corrected chi connectivity index (χ4v) is 12.9. The van der Waals surface area contributed by atoms with Crippen LogP contribution in [0.15, 0.2) is 78.5 Å². The number of ether oxygens (including phenoxy) is 2. The van der Waals surface area contributed by atoms with E-state index in [9.17, 15) is 18.0 Å². The van der Waals surface area contributed by atoms with Crippen molar-refractivity contribution in [3.05, 3.63) is 95.3 Å². The highest BCUT2D eigenvalue weighted by atomic mass is 32.2. The lowest BCUT2D eigenvalue weighted by molar-refractivity contribution is -0.139. The van der Waals surface area contributed by atoms with Gasteiger partial charge in [0.05, 0.1) is 41.1 Å². The third kappa shape index (κ3) is 10.3. The van der Waals surface area contributed by atoms with Crippen LogP contribution in [0.5, 0.6) is 11.5 Å². The molecule has 0 unspecified atom stereocenters. The number of benzene rings is 2. The van der Waals surface area contributed by atoms with E-state index in [0.717, 1.165) is 40.9 Å². The molecule has 17 nitrogen and oxygen atoms in total. The smallest absolute Gasteiger partial charge is 0.254 e. The highest BCUT2D eigenvalue weighted by Gasteiger charge is 2.62. The Morgan fingerprint density at radius 1 is 0.946 bits per heavy atom. The van der Waals surface area contributed by atoms with Crippen LogP contribution >= 0.6 is 11.3 Å². The first-order valence-corrected chi connectivity index (χ1v) is 28.3. The highest BCUT2D eigenvalue weighted by Crippen LogP contribution is 2.58. The van der Waals surface area contributed by atoms with E-state index in [-0.39, 0.29) is 48.8 Å². The summed E-state index contributed by atoms with van der Waals surface area (Å²) >= 11 is 1.50. The number of sulfonamides is 1. The largest absolute Gasteiger partial charge is 0.496 e. The first kappa shape index (κ1) is 51.0. The van der Waals surface area contributed by atoms with Crippen molar-refractivity contribution in [1.82, 2.24) is 34.5 Å². The van der Waals surface area contributed by atoms with Crippen LogP contribution in [-0.4, -0.2) is 124 Å². The summed E-state index contributed by atoms with van der Waals surface area (Å²) in [7, 11) is -2.38. The molecule has 74 heavy (non-hydrogen) atoms. The number of methoxy groups -OCH3 is 1. The number of nitrogens with zero attached hydrogens (tertiary/aromatic N) is 7. The number of amides is 3. The van der Waals surface area contributed by atoms with E-state index in [1.54, 1.807) is 55.6 Å². The SMILES string of the molecule is COc1ccc2c(O[C@@H]3C[C@H]4C(=O)C[C@]5(C(=O)NS(=O)(=O)C6(C)CC6)C[C@@H]5/C=C\CCCCC[C@H](Nc5cccc(C(=O)N6CCN(c7ncccn7)CC6)c5)C(=O)N4C3)cc(-c3nc(C(C)C)cs3)nc2c1C. The van der Waals surface area contributed by atoms with Gasteiger partial charge in [0, 0.05) is 85.1 Å². The third-order valence-corrected chi connectivity index (χ3v) is 18.7. The van der Waals surface area contributed by atoms with Crippen molar-refractivity contribution in [2.75, 3.05) is 50.1 Å². The first-order chi connectivity index (χ1) is 35.6. The molecule has 0 spiro atoms. The summed E-state index contributed by atoms with van der Waals surface area (Å²) in [6.07, 6.45) is 11.4. The molecule has 3 aromatic heterocycles. The Kier molecular flexibility index (Phi) is 14.3. The Bertz CT molecular complexity index is 3100.